The fraction of sp³-hybridized carbons (Fsp3) is 0.409. The smallest absolute Gasteiger partial charge is 0.191 e. The monoisotopic (exact) mass is 401 g/mol. The Balaban J connectivity index is 1.64. The maximum Gasteiger partial charge on any atom is 0.191 e. The van der Waals surface area contributed by atoms with Crippen molar-refractivity contribution in [3.8, 4) is 11.5 Å². The van der Waals surface area contributed by atoms with E-state index in [1.165, 1.54) is 11.6 Å². The molecule has 0 fully saturated rings. The molecule has 0 aliphatic carbocycles. The molecule has 0 saturated carbocycles. The van der Waals surface area contributed by atoms with E-state index in [1.807, 2.05) is 13.0 Å². The Labute approximate surface area is 170 Å². The molecule has 1 aliphatic heterocycles. The Morgan fingerprint density at radius 1 is 1.24 bits per heavy atom. The molecule has 0 aromatic heterocycles. The molecule has 1 unspecified atom stereocenters. The van der Waals surface area contributed by atoms with Gasteiger partial charge in [0.15, 0.2) is 5.96 Å². The zero-order valence-electron chi connectivity index (χ0n) is 17.1. The number of hydrogen-bond acceptors (Lipinski definition) is 4. The lowest BCUT2D eigenvalue weighted by atomic mass is 10.1. The second-order valence-electron chi connectivity index (χ2n) is 7.00. The highest BCUT2D eigenvalue weighted by molar-refractivity contribution is 5.79. The van der Waals surface area contributed by atoms with Gasteiger partial charge in [-0.2, -0.15) is 0 Å². The predicted octanol–water partition coefficient (Wildman–Crippen LogP) is 2.91. The molecule has 0 saturated heterocycles. The Morgan fingerprint density at radius 3 is 2.76 bits per heavy atom. The molecule has 7 heteroatoms. The van der Waals surface area contributed by atoms with Crippen molar-refractivity contribution in [1.82, 2.24) is 10.6 Å². The van der Waals surface area contributed by atoms with Gasteiger partial charge in [0.1, 0.15) is 23.4 Å². The van der Waals surface area contributed by atoms with Crippen LogP contribution in [-0.2, 0) is 26.1 Å². The number of aliphatic imine (C=N–C) groups is 1. The molecule has 2 aromatic rings. The molecule has 0 spiro atoms. The molecule has 29 heavy (non-hydrogen) atoms. The van der Waals surface area contributed by atoms with Crippen LogP contribution < -0.4 is 20.1 Å². The van der Waals surface area contributed by atoms with E-state index in [9.17, 15) is 9.50 Å². The van der Waals surface area contributed by atoms with E-state index in [-0.39, 0.29) is 18.3 Å². The Hall–Kier alpha value is -2.80. The third-order valence-corrected chi connectivity index (χ3v) is 4.79. The van der Waals surface area contributed by atoms with E-state index in [0.29, 0.717) is 25.7 Å². The van der Waals surface area contributed by atoms with E-state index in [1.54, 1.807) is 19.2 Å². The summed E-state index contributed by atoms with van der Waals surface area (Å²) in [7, 11) is 1.69. The van der Waals surface area contributed by atoms with Gasteiger partial charge in [-0.25, -0.2) is 4.39 Å². The lowest BCUT2D eigenvalue weighted by Crippen LogP contribution is -2.36. The van der Waals surface area contributed by atoms with Crippen molar-refractivity contribution < 1.29 is 19.0 Å². The second kappa shape index (κ2) is 9.60. The number of hydrogen-bond donors (Lipinski definition) is 3. The first-order valence-corrected chi connectivity index (χ1v) is 9.82. The maximum atomic E-state index is 13.5. The molecule has 3 rings (SSSR count). The molecule has 2 aromatic carbocycles. The van der Waals surface area contributed by atoms with Crippen molar-refractivity contribution in [1.29, 1.82) is 0 Å². The molecule has 3 N–H and O–H groups in total. The second-order valence-corrected chi connectivity index (χ2v) is 7.00. The van der Waals surface area contributed by atoms with Crippen LogP contribution in [0.25, 0.3) is 0 Å². The summed E-state index contributed by atoms with van der Waals surface area (Å²) >= 11 is 0. The van der Waals surface area contributed by atoms with Crippen molar-refractivity contribution in [3.63, 3.8) is 0 Å². The normalized spacial score (nSPS) is 15.6. The van der Waals surface area contributed by atoms with Crippen LogP contribution in [0.5, 0.6) is 11.5 Å². The largest absolute Gasteiger partial charge is 0.494 e. The van der Waals surface area contributed by atoms with Crippen molar-refractivity contribution in [2.75, 3.05) is 13.7 Å². The van der Waals surface area contributed by atoms with Crippen molar-refractivity contribution in [3.05, 3.63) is 58.4 Å². The van der Waals surface area contributed by atoms with Crippen molar-refractivity contribution in [2.24, 2.45) is 4.99 Å². The zero-order chi connectivity index (χ0) is 20.8. The van der Waals surface area contributed by atoms with Crippen LogP contribution in [-0.4, -0.2) is 30.8 Å². The summed E-state index contributed by atoms with van der Waals surface area (Å²) in [5.41, 5.74) is 3.30. The van der Waals surface area contributed by atoms with Crippen LogP contribution in [0.15, 0.2) is 35.3 Å². The summed E-state index contributed by atoms with van der Waals surface area (Å²) < 4.78 is 25.2. The minimum atomic E-state index is -0.407. The highest BCUT2D eigenvalue weighted by Crippen LogP contribution is 2.35. The van der Waals surface area contributed by atoms with Gasteiger partial charge in [-0.1, -0.05) is 6.07 Å². The number of fused-ring (bicyclic) bond motifs is 1. The van der Waals surface area contributed by atoms with E-state index >= 15 is 0 Å². The number of ether oxygens (including phenoxy) is 2. The van der Waals surface area contributed by atoms with Gasteiger partial charge in [-0.15, -0.1) is 0 Å². The van der Waals surface area contributed by atoms with Crippen LogP contribution in [0.2, 0.25) is 0 Å². The van der Waals surface area contributed by atoms with Gasteiger partial charge in [0, 0.05) is 43.2 Å². The third kappa shape index (κ3) is 5.17. The molecule has 0 radical (unpaired) electrons. The summed E-state index contributed by atoms with van der Waals surface area (Å²) in [6.45, 7) is 5.26. The summed E-state index contributed by atoms with van der Waals surface area (Å²) in [5, 5.41) is 15.7. The lowest BCUT2D eigenvalue weighted by molar-refractivity contribution is 0.254. The van der Waals surface area contributed by atoms with Crippen LogP contribution >= 0.6 is 0 Å². The topological polar surface area (TPSA) is 75.1 Å². The summed E-state index contributed by atoms with van der Waals surface area (Å²) in [6, 6.07) is 8.77. The van der Waals surface area contributed by atoms with Gasteiger partial charge in [0.25, 0.3) is 0 Å². The van der Waals surface area contributed by atoms with Gasteiger partial charge < -0.3 is 25.2 Å². The SMILES string of the molecule is CCOc1cc2c(cc1CNC(=NC)NCc1ccc(F)c(CO)c1)OC(C)C2. The molecule has 1 heterocycles. The highest BCUT2D eigenvalue weighted by Gasteiger charge is 2.21. The molecule has 0 amide bonds. The zero-order valence-corrected chi connectivity index (χ0v) is 17.1. The summed E-state index contributed by atoms with van der Waals surface area (Å²) in [5.74, 6) is 1.95. The predicted molar refractivity (Wildman–Crippen MR) is 111 cm³/mol. The van der Waals surface area contributed by atoms with Gasteiger partial charge in [-0.3, -0.25) is 4.99 Å². The number of rotatable bonds is 7. The Morgan fingerprint density at radius 2 is 2.03 bits per heavy atom. The summed E-state index contributed by atoms with van der Waals surface area (Å²) in [6.07, 6.45) is 1.07. The number of guanidine groups is 1. The van der Waals surface area contributed by atoms with Crippen LogP contribution in [0.3, 0.4) is 0 Å². The number of halogens is 1. The van der Waals surface area contributed by atoms with Gasteiger partial charge in [0.05, 0.1) is 13.2 Å². The minimum Gasteiger partial charge on any atom is -0.494 e. The fourth-order valence-electron chi connectivity index (χ4n) is 3.35. The number of nitrogens with zero attached hydrogens (tertiary/aromatic N) is 1. The number of aliphatic hydroxyl groups excluding tert-OH is 1. The first kappa shape index (κ1) is 20.9. The first-order valence-electron chi connectivity index (χ1n) is 9.82. The third-order valence-electron chi connectivity index (χ3n) is 4.79. The van der Waals surface area contributed by atoms with E-state index < -0.39 is 5.82 Å². The highest BCUT2D eigenvalue weighted by atomic mass is 19.1. The number of nitrogens with one attached hydrogen (secondary N) is 2. The molecule has 0 bridgehead atoms. The van der Waals surface area contributed by atoms with E-state index in [0.717, 1.165) is 29.0 Å². The Bertz CT molecular complexity index is 886. The lowest BCUT2D eigenvalue weighted by Gasteiger charge is -2.16. The van der Waals surface area contributed by atoms with E-state index in [2.05, 4.69) is 28.6 Å². The first-order chi connectivity index (χ1) is 14.0. The Kier molecular flexibility index (Phi) is 6.93. The standard InChI is InChI=1S/C22H28FN3O3/c1-4-28-20-9-16-7-14(2)29-21(16)10-17(20)12-26-22(24-3)25-11-15-5-6-19(23)18(8-15)13-27/h5-6,8-10,14,27H,4,7,11-13H2,1-3H3,(H2,24,25,26). The molecule has 1 aliphatic rings. The van der Waals surface area contributed by atoms with Gasteiger partial charge in [-0.05, 0) is 43.7 Å². The van der Waals surface area contributed by atoms with Gasteiger partial charge >= 0.3 is 0 Å². The number of aliphatic hydroxyl groups is 1. The average molecular weight is 401 g/mol. The van der Waals surface area contributed by atoms with E-state index in [4.69, 9.17) is 9.47 Å². The molecule has 156 valence electrons. The van der Waals surface area contributed by atoms with Crippen molar-refractivity contribution >= 4 is 5.96 Å². The minimum absolute atomic E-state index is 0.177. The molecule has 6 nitrogen and oxygen atoms in total. The number of benzene rings is 2. The van der Waals surface area contributed by atoms with Gasteiger partial charge in [0.2, 0.25) is 0 Å². The summed E-state index contributed by atoms with van der Waals surface area (Å²) in [4.78, 5) is 4.24. The van der Waals surface area contributed by atoms with Crippen LogP contribution in [0.1, 0.15) is 36.1 Å². The molecular formula is C22H28FN3O3. The maximum absolute atomic E-state index is 13.5. The van der Waals surface area contributed by atoms with Crippen LogP contribution in [0.4, 0.5) is 4.39 Å². The fourth-order valence-corrected chi connectivity index (χ4v) is 3.35. The molecular weight excluding hydrogens is 373 g/mol. The van der Waals surface area contributed by atoms with Crippen LogP contribution in [0, 0.1) is 5.82 Å². The molecule has 1 atom stereocenters. The van der Waals surface area contributed by atoms with Crippen molar-refractivity contribution in [2.45, 2.75) is 46.1 Å². The average Bonchev–Trinajstić information content (AvgIpc) is 3.08. The quantitative estimate of drug-likeness (QED) is 0.491.